The summed E-state index contributed by atoms with van der Waals surface area (Å²) in [5, 5.41) is 3.50. The minimum atomic E-state index is -0.265. The lowest BCUT2D eigenvalue weighted by molar-refractivity contribution is 0.197. The third-order valence-electron chi connectivity index (χ3n) is 4.40. The number of nitrogens with zero attached hydrogens (tertiary/aromatic N) is 2. The molecule has 1 atom stereocenters. The molecule has 1 fully saturated rings. The molecule has 0 aromatic carbocycles. The summed E-state index contributed by atoms with van der Waals surface area (Å²) < 4.78 is 2.68. The highest BCUT2D eigenvalue weighted by Crippen LogP contribution is 2.35. The molecule has 5 heteroatoms. The molecule has 1 saturated carbocycles. The van der Waals surface area contributed by atoms with Gasteiger partial charge in [0.25, 0.3) is 5.56 Å². The summed E-state index contributed by atoms with van der Waals surface area (Å²) in [6.07, 6.45) is 4.82. The van der Waals surface area contributed by atoms with Gasteiger partial charge in [-0.25, -0.2) is 4.79 Å². The van der Waals surface area contributed by atoms with E-state index in [0.717, 1.165) is 16.7 Å². The second-order valence-electron chi connectivity index (χ2n) is 6.71. The summed E-state index contributed by atoms with van der Waals surface area (Å²) in [4.78, 5) is 23.6. The van der Waals surface area contributed by atoms with Crippen molar-refractivity contribution in [3.8, 4) is 0 Å². The Hall–Kier alpha value is -1.36. The average Bonchev–Trinajstić information content (AvgIpc) is 2.38. The smallest absolute Gasteiger partial charge is 0.308 e. The molecule has 2 rings (SSSR count). The zero-order chi connectivity index (χ0) is 14.9. The monoisotopic (exact) mass is 279 g/mol. The van der Waals surface area contributed by atoms with Crippen molar-refractivity contribution < 1.29 is 0 Å². The van der Waals surface area contributed by atoms with Gasteiger partial charge in [0, 0.05) is 38.4 Å². The Kier molecular flexibility index (Phi) is 4.18. The molecule has 1 aromatic rings. The molecule has 1 aliphatic carbocycles. The van der Waals surface area contributed by atoms with E-state index in [1.54, 1.807) is 17.7 Å². The van der Waals surface area contributed by atoms with Gasteiger partial charge >= 0.3 is 5.69 Å². The second-order valence-corrected chi connectivity index (χ2v) is 6.71. The highest BCUT2D eigenvalue weighted by molar-refractivity contribution is 5.02. The van der Waals surface area contributed by atoms with Crippen molar-refractivity contribution in [1.29, 1.82) is 0 Å². The predicted molar refractivity (Wildman–Crippen MR) is 79.8 cm³/mol. The highest BCUT2D eigenvalue weighted by atomic mass is 16.2. The van der Waals surface area contributed by atoms with Crippen LogP contribution >= 0.6 is 0 Å². The average molecular weight is 279 g/mol. The van der Waals surface area contributed by atoms with E-state index in [4.69, 9.17) is 0 Å². The standard InChI is InChI=1S/C15H25N3O2/c1-15(2)7-5-6-11(9-15)16-10-12-8-13(19)18(4)14(20)17(12)3/h8,11,16H,5-7,9-10H2,1-4H3. The molecule has 1 N–H and O–H groups in total. The van der Waals surface area contributed by atoms with E-state index in [0.29, 0.717) is 18.0 Å². The molecule has 0 aliphatic heterocycles. The maximum absolute atomic E-state index is 11.9. The van der Waals surface area contributed by atoms with E-state index in [-0.39, 0.29) is 11.2 Å². The normalized spacial score (nSPS) is 21.9. The van der Waals surface area contributed by atoms with Crippen LogP contribution in [-0.4, -0.2) is 15.2 Å². The van der Waals surface area contributed by atoms with Crippen molar-refractivity contribution in [3.05, 3.63) is 32.6 Å². The maximum Gasteiger partial charge on any atom is 0.330 e. The Labute approximate surface area is 119 Å². The lowest BCUT2D eigenvalue weighted by Gasteiger charge is -2.35. The molecule has 1 heterocycles. The summed E-state index contributed by atoms with van der Waals surface area (Å²) in [6, 6.07) is 2.01. The first-order valence-corrected chi connectivity index (χ1v) is 7.29. The zero-order valence-electron chi connectivity index (χ0n) is 12.9. The Morgan fingerprint density at radius 3 is 2.65 bits per heavy atom. The minimum absolute atomic E-state index is 0.242. The first-order chi connectivity index (χ1) is 9.30. The van der Waals surface area contributed by atoms with Crippen LogP contribution in [0.4, 0.5) is 0 Å². The fourth-order valence-electron chi connectivity index (χ4n) is 3.07. The molecule has 20 heavy (non-hydrogen) atoms. The van der Waals surface area contributed by atoms with Crippen molar-refractivity contribution >= 4 is 0 Å². The Bertz CT molecular complexity index is 598. The van der Waals surface area contributed by atoms with Gasteiger partial charge in [0.15, 0.2) is 0 Å². The molecule has 0 saturated heterocycles. The molecule has 112 valence electrons. The van der Waals surface area contributed by atoms with Crippen LogP contribution in [0, 0.1) is 5.41 Å². The van der Waals surface area contributed by atoms with Crippen molar-refractivity contribution in [3.63, 3.8) is 0 Å². The first-order valence-electron chi connectivity index (χ1n) is 7.29. The van der Waals surface area contributed by atoms with E-state index in [2.05, 4.69) is 19.2 Å². The number of rotatable bonds is 3. The first kappa shape index (κ1) is 15.0. The van der Waals surface area contributed by atoms with E-state index in [1.165, 1.54) is 26.3 Å². The van der Waals surface area contributed by atoms with Crippen molar-refractivity contribution in [2.75, 3.05) is 0 Å². The SMILES string of the molecule is Cn1c(CNC2CCCC(C)(C)C2)cc(=O)n(C)c1=O. The van der Waals surface area contributed by atoms with Crippen molar-refractivity contribution in [2.24, 2.45) is 19.5 Å². The molecule has 0 radical (unpaired) electrons. The Morgan fingerprint density at radius 2 is 2.00 bits per heavy atom. The molecule has 0 amide bonds. The van der Waals surface area contributed by atoms with Crippen LogP contribution in [0.15, 0.2) is 15.7 Å². The van der Waals surface area contributed by atoms with E-state index >= 15 is 0 Å². The predicted octanol–water partition coefficient (Wildman–Crippen LogP) is 1.14. The molecule has 5 nitrogen and oxygen atoms in total. The van der Waals surface area contributed by atoms with Gasteiger partial charge in [-0.05, 0) is 24.7 Å². The summed E-state index contributed by atoms with van der Waals surface area (Å²) in [6.45, 7) is 5.17. The van der Waals surface area contributed by atoms with Crippen LogP contribution in [0.1, 0.15) is 45.2 Å². The number of hydrogen-bond acceptors (Lipinski definition) is 3. The number of hydrogen-bond donors (Lipinski definition) is 1. The summed E-state index contributed by atoms with van der Waals surface area (Å²) in [5.41, 5.74) is 0.628. The fourth-order valence-corrected chi connectivity index (χ4v) is 3.07. The molecule has 1 aromatic heterocycles. The number of nitrogens with one attached hydrogen (secondary N) is 1. The zero-order valence-corrected chi connectivity index (χ0v) is 12.9. The largest absolute Gasteiger partial charge is 0.330 e. The van der Waals surface area contributed by atoms with Crippen molar-refractivity contribution in [1.82, 2.24) is 14.5 Å². The van der Waals surface area contributed by atoms with Crippen LogP contribution in [0.3, 0.4) is 0 Å². The van der Waals surface area contributed by atoms with Gasteiger partial charge in [0.2, 0.25) is 0 Å². The number of aromatic nitrogens is 2. The van der Waals surface area contributed by atoms with Crippen LogP contribution in [0.5, 0.6) is 0 Å². The van der Waals surface area contributed by atoms with Gasteiger partial charge in [-0.15, -0.1) is 0 Å². The molecule has 0 spiro atoms. The summed E-state index contributed by atoms with van der Waals surface area (Å²) >= 11 is 0. The van der Waals surface area contributed by atoms with E-state index in [1.807, 2.05) is 0 Å². The van der Waals surface area contributed by atoms with Gasteiger partial charge < -0.3 is 5.32 Å². The maximum atomic E-state index is 11.9. The van der Waals surface area contributed by atoms with Gasteiger partial charge in [-0.1, -0.05) is 20.3 Å². The molecule has 0 bridgehead atoms. The summed E-state index contributed by atoms with van der Waals surface area (Å²) in [7, 11) is 3.22. The quantitative estimate of drug-likeness (QED) is 0.903. The second kappa shape index (κ2) is 5.56. The lowest BCUT2D eigenvalue weighted by Crippen LogP contribution is -2.41. The fraction of sp³-hybridized carbons (Fsp3) is 0.733. The van der Waals surface area contributed by atoms with Crippen LogP contribution in [0.25, 0.3) is 0 Å². The lowest BCUT2D eigenvalue weighted by atomic mass is 9.75. The minimum Gasteiger partial charge on any atom is -0.308 e. The molecule has 1 unspecified atom stereocenters. The summed E-state index contributed by atoms with van der Waals surface area (Å²) in [5.74, 6) is 0. The van der Waals surface area contributed by atoms with Crippen LogP contribution < -0.4 is 16.6 Å². The van der Waals surface area contributed by atoms with E-state index < -0.39 is 0 Å². The Morgan fingerprint density at radius 1 is 1.30 bits per heavy atom. The third-order valence-corrected chi connectivity index (χ3v) is 4.40. The molecule has 1 aliphatic rings. The van der Waals surface area contributed by atoms with Gasteiger partial charge in [0.1, 0.15) is 0 Å². The molecular weight excluding hydrogens is 254 g/mol. The van der Waals surface area contributed by atoms with Crippen LogP contribution in [-0.2, 0) is 20.6 Å². The van der Waals surface area contributed by atoms with E-state index in [9.17, 15) is 9.59 Å². The van der Waals surface area contributed by atoms with Gasteiger partial charge in [-0.3, -0.25) is 13.9 Å². The molecular formula is C15H25N3O2. The third kappa shape index (κ3) is 3.20. The van der Waals surface area contributed by atoms with Gasteiger partial charge in [-0.2, -0.15) is 0 Å². The van der Waals surface area contributed by atoms with Crippen LogP contribution in [0.2, 0.25) is 0 Å². The van der Waals surface area contributed by atoms with Gasteiger partial charge in [0.05, 0.1) is 0 Å². The Balaban J connectivity index is 2.08. The highest BCUT2D eigenvalue weighted by Gasteiger charge is 2.27. The topological polar surface area (TPSA) is 56.0 Å². The van der Waals surface area contributed by atoms with Crippen molar-refractivity contribution in [2.45, 2.75) is 52.1 Å².